The summed E-state index contributed by atoms with van der Waals surface area (Å²) in [5, 5.41) is 12.5. The van der Waals surface area contributed by atoms with Crippen LogP contribution in [-0.4, -0.2) is 49.5 Å². The summed E-state index contributed by atoms with van der Waals surface area (Å²) in [7, 11) is -9.89. The molecule has 0 fully saturated rings. The number of fused-ring (bicyclic) bond motifs is 6. The monoisotopic (exact) mass is 806 g/mol. The molecule has 2 aromatic carbocycles. The number of hydrogen-bond acceptors (Lipinski definition) is 16. The fraction of sp³-hybridized carbons (Fsp3) is 0. The molecule has 0 unspecified atom stereocenters. The zero-order valence-corrected chi connectivity index (χ0v) is 30.1. The molecule has 244 valence electrons. The third-order valence-electron chi connectivity index (χ3n) is 6.14. The van der Waals surface area contributed by atoms with Crippen LogP contribution in [-0.2, 0) is 27.3 Å². The van der Waals surface area contributed by atoms with E-state index in [1.165, 1.54) is 12.7 Å². The van der Waals surface area contributed by atoms with Crippen molar-refractivity contribution in [3.05, 3.63) is 110 Å². The van der Waals surface area contributed by atoms with Crippen molar-refractivity contribution in [3.8, 4) is 11.6 Å². The molecule has 8 aromatic rings. The minimum atomic E-state index is -4.94. The first-order valence-corrected chi connectivity index (χ1v) is 15.5. The van der Waals surface area contributed by atoms with Crippen molar-refractivity contribution in [1.29, 1.82) is 0 Å². The van der Waals surface area contributed by atoms with Gasteiger partial charge in [0.15, 0.2) is 11.6 Å². The molecule has 6 heterocycles. The summed E-state index contributed by atoms with van der Waals surface area (Å²) in [6.07, 6.45) is 9.82. The summed E-state index contributed by atoms with van der Waals surface area (Å²) in [4.78, 5) is 26.0. The summed E-state index contributed by atoms with van der Waals surface area (Å²) in [5.74, 6) is 1.48. The Morgan fingerprint density at radius 1 is 0.449 bits per heavy atom. The quantitative estimate of drug-likeness (QED) is 0.117. The molecule has 8 rings (SSSR count). The van der Waals surface area contributed by atoms with Gasteiger partial charge in [0.2, 0.25) is 0 Å². The predicted molar refractivity (Wildman–Crippen MR) is 144 cm³/mol. The maximum absolute atomic E-state index is 8.49. The van der Waals surface area contributed by atoms with E-state index in [0.717, 1.165) is 55.2 Å². The molecule has 18 nitrogen and oxygen atoms in total. The topological polar surface area (TPSA) is 297 Å². The van der Waals surface area contributed by atoms with E-state index >= 15 is 0 Å². The van der Waals surface area contributed by atoms with Gasteiger partial charge >= 0.3 is 27.3 Å². The maximum atomic E-state index is 8.49. The zero-order chi connectivity index (χ0) is 34.3. The third-order valence-corrected chi connectivity index (χ3v) is 6.14. The number of aromatic nitrogens is 10. The maximum Gasteiger partial charge on any atom is 2.00 e. The van der Waals surface area contributed by atoms with Gasteiger partial charge in [-0.2, -0.15) is 10.2 Å². The molecule has 0 aliphatic rings. The second-order valence-electron chi connectivity index (χ2n) is 9.20. The van der Waals surface area contributed by atoms with Crippen molar-refractivity contribution in [2.75, 3.05) is 0 Å². The van der Waals surface area contributed by atoms with Gasteiger partial charge in [0, 0.05) is 33.9 Å². The summed E-state index contributed by atoms with van der Waals surface area (Å²) in [6, 6.07) is 24.0. The van der Waals surface area contributed by atoms with Gasteiger partial charge in [-0.05, 0) is 36.4 Å². The van der Waals surface area contributed by atoms with Gasteiger partial charge in [-0.3, -0.25) is 9.97 Å². The molecule has 0 radical (unpaired) electrons. The van der Waals surface area contributed by atoms with Crippen LogP contribution in [0.5, 0.6) is 0 Å². The molecule has 0 saturated heterocycles. The van der Waals surface area contributed by atoms with Crippen LogP contribution in [0, 0.1) is 20.5 Å². The first-order chi connectivity index (χ1) is 22.8. The number of hydrogen-bond donors (Lipinski definition) is 0. The first kappa shape index (κ1) is 37.4. The van der Waals surface area contributed by atoms with Crippen LogP contribution in [0.4, 0.5) is 0 Å². The summed E-state index contributed by atoms with van der Waals surface area (Å²) in [6.45, 7) is 0. The number of benzene rings is 2. The Morgan fingerprint density at radius 3 is 1.10 bits per heavy atom. The Labute approximate surface area is 298 Å². The smallest absolute Gasteiger partial charge is 0.254 e. The van der Waals surface area contributed by atoms with Crippen LogP contribution in [0.1, 0.15) is 0 Å². The van der Waals surface area contributed by atoms with Gasteiger partial charge in [0.1, 0.15) is 25.3 Å². The molecule has 0 spiro atoms. The molecule has 0 amide bonds. The summed E-state index contributed by atoms with van der Waals surface area (Å²) >= 11 is 0. The fourth-order valence-electron chi connectivity index (χ4n) is 4.34. The van der Waals surface area contributed by atoms with Gasteiger partial charge in [0.05, 0.1) is 22.1 Å². The Kier molecular flexibility index (Phi) is 12.4. The predicted octanol–water partition coefficient (Wildman–Crippen LogP) is -4.79. The van der Waals surface area contributed by atoms with E-state index in [4.69, 9.17) is 37.3 Å². The van der Waals surface area contributed by atoms with Crippen LogP contribution < -0.4 is 37.3 Å². The van der Waals surface area contributed by atoms with Crippen LogP contribution in [0.3, 0.4) is 0 Å². The third kappa shape index (κ3) is 10.8. The number of nitrogens with zero attached hydrogens (tertiary/aromatic N) is 10. The van der Waals surface area contributed by atoms with E-state index in [1.807, 2.05) is 48.5 Å². The molecule has 0 N–H and O–H groups in total. The van der Waals surface area contributed by atoms with Crippen LogP contribution >= 0.6 is 0 Å². The SMILES string of the molecule is [Cd+2].[O-][Cl+3]([O-])([O-])[O-].[O-][Cl+3]([O-])([O-])[O-].c1cnc2c(c1)ccc1ccc(-n3cncn3)nc12.c1cnc2c(c1)ccc1ccc(-n3cncn3)nc12. The van der Waals surface area contributed by atoms with Gasteiger partial charge in [-0.25, -0.2) is 66.6 Å². The average Bonchev–Trinajstić information content (AvgIpc) is 3.79. The molecular weight excluding hydrogens is 788 g/mol. The van der Waals surface area contributed by atoms with Crippen molar-refractivity contribution in [2.45, 2.75) is 0 Å². The summed E-state index contributed by atoms with van der Waals surface area (Å²) < 4.78 is 71.2. The van der Waals surface area contributed by atoms with Crippen molar-refractivity contribution in [1.82, 2.24) is 49.5 Å². The largest absolute Gasteiger partial charge is 2.00 e. The van der Waals surface area contributed by atoms with Crippen LogP contribution in [0.2, 0.25) is 0 Å². The second-order valence-corrected chi connectivity index (χ2v) is 10.7. The number of rotatable bonds is 2. The second kappa shape index (κ2) is 16.3. The van der Waals surface area contributed by atoms with Gasteiger partial charge in [0.25, 0.3) is 0 Å². The standard InChI is InChI=1S/2C14H9N5.Cd.2ClHO4/c2*1-2-10-3-4-11-5-6-12(19-9-15-8-17-19)18-14(11)13(10)16-7-1;;2*2-1(3,4)5/h2*1-9H;;2*(H,2,3,4,5)/q;;+2;;/p-2. The Hall–Kier alpha value is -4.46. The van der Waals surface area contributed by atoms with E-state index in [9.17, 15) is 0 Å². The van der Waals surface area contributed by atoms with Crippen molar-refractivity contribution < 1.29 is 85.1 Å². The van der Waals surface area contributed by atoms with Gasteiger partial charge in [-0.1, -0.05) is 36.4 Å². The van der Waals surface area contributed by atoms with Crippen molar-refractivity contribution in [2.24, 2.45) is 0 Å². The number of pyridine rings is 4. The van der Waals surface area contributed by atoms with Crippen molar-refractivity contribution >= 4 is 43.6 Å². The Bertz CT molecular complexity index is 2100. The first-order valence-electron chi connectivity index (χ1n) is 13.1. The van der Waals surface area contributed by atoms with E-state index in [2.05, 4.69) is 64.4 Å². The molecule has 0 saturated carbocycles. The molecular formula is C28H18CdCl2N10O8. The Balaban J connectivity index is 0.000000171. The molecule has 0 aliphatic carbocycles. The van der Waals surface area contributed by atoms with E-state index < -0.39 is 20.5 Å². The van der Waals surface area contributed by atoms with E-state index in [1.54, 1.807) is 34.4 Å². The van der Waals surface area contributed by atoms with E-state index in [-0.39, 0.29) is 27.3 Å². The number of halogens is 2. The molecule has 6 aromatic heterocycles. The normalized spacial score (nSPS) is 11.1. The average molecular weight is 806 g/mol. The molecule has 0 bridgehead atoms. The van der Waals surface area contributed by atoms with E-state index in [0.29, 0.717) is 0 Å². The fourth-order valence-corrected chi connectivity index (χ4v) is 4.34. The Morgan fingerprint density at radius 2 is 0.776 bits per heavy atom. The molecule has 49 heavy (non-hydrogen) atoms. The van der Waals surface area contributed by atoms with Crippen LogP contribution in [0.25, 0.3) is 55.2 Å². The molecule has 0 atom stereocenters. The van der Waals surface area contributed by atoms with Gasteiger partial charge in [-0.15, -0.1) is 20.5 Å². The zero-order valence-electron chi connectivity index (χ0n) is 24.6. The molecule has 21 heteroatoms. The summed E-state index contributed by atoms with van der Waals surface area (Å²) in [5.41, 5.74) is 3.57. The van der Waals surface area contributed by atoms with Crippen LogP contribution in [0.15, 0.2) is 110 Å². The van der Waals surface area contributed by atoms with Gasteiger partial charge < -0.3 is 0 Å². The molecule has 0 aliphatic heterocycles. The minimum absolute atomic E-state index is 0. The van der Waals surface area contributed by atoms with Crippen molar-refractivity contribution in [3.63, 3.8) is 0 Å². The minimum Gasteiger partial charge on any atom is -0.254 e.